The lowest BCUT2D eigenvalue weighted by molar-refractivity contribution is 0.0695. The van der Waals surface area contributed by atoms with Crippen LogP contribution in [0.25, 0.3) is 0 Å². The lowest BCUT2D eigenvalue weighted by Gasteiger charge is -2.16. The van der Waals surface area contributed by atoms with Crippen molar-refractivity contribution in [2.45, 2.75) is 0 Å². The standard InChI is InChI=1S/C12H10ClNO3/c13-10-7-8(12(16)17)3-4-9(10)11(15)14-5-1-2-6-14/h1-4,7H,5-6H2,(H,16,17). The van der Waals surface area contributed by atoms with E-state index in [0.717, 1.165) is 0 Å². The van der Waals surface area contributed by atoms with Gasteiger partial charge in [0.15, 0.2) is 0 Å². The van der Waals surface area contributed by atoms with Gasteiger partial charge in [0.25, 0.3) is 5.91 Å². The molecule has 1 aliphatic rings. The summed E-state index contributed by atoms with van der Waals surface area (Å²) in [6.45, 7) is 1.13. The van der Waals surface area contributed by atoms with Gasteiger partial charge < -0.3 is 10.0 Å². The van der Waals surface area contributed by atoms with Crippen LogP contribution in [0.5, 0.6) is 0 Å². The van der Waals surface area contributed by atoms with Gasteiger partial charge in [0.05, 0.1) is 16.1 Å². The molecule has 2 rings (SSSR count). The average Bonchev–Trinajstić information content (AvgIpc) is 2.81. The van der Waals surface area contributed by atoms with Crippen LogP contribution in [-0.2, 0) is 0 Å². The summed E-state index contributed by atoms with van der Waals surface area (Å²) in [7, 11) is 0. The van der Waals surface area contributed by atoms with Crippen LogP contribution in [0.3, 0.4) is 0 Å². The minimum absolute atomic E-state index is 0.0751. The summed E-state index contributed by atoms with van der Waals surface area (Å²) in [6.07, 6.45) is 3.80. The highest BCUT2D eigenvalue weighted by molar-refractivity contribution is 6.34. The molecule has 0 atom stereocenters. The average molecular weight is 252 g/mol. The maximum atomic E-state index is 12.0. The molecule has 0 bridgehead atoms. The molecule has 1 heterocycles. The lowest BCUT2D eigenvalue weighted by Crippen LogP contribution is -2.28. The van der Waals surface area contributed by atoms with Crippen LogP contribution in [-0.4, -0.2) is 35.0 Å². The first-order valence-corrected chi connectivity index (χ1v) is 5.44. The number of hydrogen-bond donors (Lipinski definition) is 1. The number of amides is 1. The topological polar surface area (TPSA) is 57.6 Å². The molecule has 1 N–H and O–H groups in total. The minimum atomic E-state index is -1.06. The monoisotopic (exact) mass is 251 g/mol. The first-order valence-electron chi connectivity index (χ1n) is 5.06. The number of carboxylic acids is 1. The van der Waals surface area contributed by atoms with Crippen molar-refractivity contribution in [2.24, 2.45) is 0 Å². The molecule has 5 heteroatoms. The van der Waals surface area contributed by atoms with E-state index in [4.69, 9.17) is 16.7 Å². The van der Waals surface area contributed by atoms with Crippen molar-refractivity contribution >= 4 is 23.5 Å². The molecule has 4 nitrogen and oxygen atoms in total. The van der Waals surface area contributed by atoms with E-state index in [0.29, 0.717) is 18.7 Å². The summed E-state index contributed by atoms with van der Waals surface area (Å²) in [6, 6.07) is 4.12. The number of hydrogen-bond acceptors (Lipinski definition) is 2. The molecule has 0 radical (unpaired) electrons. The second kappa shape index (κ2) is 4.59. The van der Waals surface area contributed by atoms with Crippen LogP contribution < -0.4 is 0 Å². The smallest absolute Gasteiger partial charge is 0.335 e. The Kier molecular flexibility index (Phi) is 3.15. The molecular formula is C12H10ClNO3. The third-order valence-electron chi connectivity index (χ3n) is 2.55. The molecule has 0 saturated heterocycles. The molecule has 1 amide bonds. The Morgan fingerprint density at radius 3 is 2.41 bits per heavy atom. The second-order valence-corrected chi connectivity index (χ2v) is 4.09. The zero-order chi connectivity index (χ0) is 12.4. The second-order valence-electron chi connectivity index (χ2n) is 3.68. The van der Waals surface area contributed by atoms with Crippen molar-refractivity contribution < 1.29 is 14.7 Å². The van der Waals surface area contributed by atoms with Crippen LogP contribution in [0.15, 0.2) is 30.4 Å². The van der Waals surface area contributed by atoms with Crippen LogP contribution >= 0.6 is 11.6 Å². The Labute approximate surface area is 103 Å². The first-order chi connectivity index (χ1) is 8.09. The fourth-order valence-electron chi connectivity index (χ4n) is 1.64. The normalized spacial score (nSPS) is 14.1. The molecule has 0 spiro atoms. The summed E-state index contributed by atoms with van der Waals surface area (Å²) in [5.41, 5.74) is 0.409. The number of carbonyl (C=O) groups is 2. The van der Waals surface area contributed by atoms with Gasteiger partial charge in [-0.15, -0.1) is 0 Å². The number of benzene rings is 1. The molecule has 0 aliphatic carbocycles. The van der Waals surface area contributed by atoms with E-state index < -0.39 is 5.97 Å². The van der Waals surface area contributed by atoms with Gasteiger partial charge in [0.2, 0.25) is 0 Å². The predicted octanol–water partition coefficient (Wildman–Crippen LogP) is 2.05. The number of nitrogens with zero attached hydrogens (tertiary/aromatic N) is 1. The van der Waals surface area contributed by atoms with Crippen molar-refractivity contribution in [3.63, 3.8) is 0 Å². The molecule has 0 aromatic heterocycles. The summed E-state index contributed by atoms with van der Waals surface area (Å²) >= 11 is 5.92. The molecule has 1 aliphatic heterocycles. The van der Waals surface area contributed by atoms with Gasteiger partial charge in [-0.1, -0.05) is 23.8 Å². The maximum Gasteiger partial charge on any atom is 0.335 e. The van der Waals surface area contributed by atoms with Crippen LogP contribution in [0.2, 0.25) is 5.02 Å². The van der Waals surface area contributed by atoms with Crippen LogP contribution in [0, 0.1) is 0 Å². The third kappa shape index (κ3) is 2.31. The Morgan fingerprint density at radius 2 is 1.88 bits per heavy atom. The molecule has 1 aromatic rings. The summed E-state index contributed by atoms with van der Waals surface area (Å²) in [4.78, 5) is 24.4. The lowest BCUT2D eigenvalue weighted by atomic mass is 10.1. The zero-order valence-corrected chi connectivity index (χ0v) is 9.65. The molecule has 1 aromatic carbocycles. The number of carbonyl (C=O) groups excluding carboxylic acids is 1. The quantitative estimate of drug-likeness (QED) is 0.819. The Balaban J connectivity index is 2.27. The number of halogens is 1. The van der Waals surface area contributed by atoms with Crippen molar-refractivity contribution in [2.75, 3.05) is 13.1 Å². The predicted molar refractivity (Wildman–Crippen MR) is 63.5 cm³/mol. The highest BCUT2D eigenvalue weighted by Crippen LogP contribution is 2.20. The zero-order valence-electron chi connectivity index (χ0n) is 8.89. The molecule has 0 unspecified atom stereocenters. The van der Waals surface area contributed by atoms with Gasteiger partial charge in [-0.25, -0.2) is 4.79 Å². The Morgan fingerprint density at radius 1 is 1.24 bits per heavy atom. The number of aromatic carboxylic acids is 1. The molecule has 0 fully saturated rings. The fraction of sp³-hybridized carbons (Fsp3) is 0.167. The van der Waals surface area contributed by atoms with Crippen molar-refractivity contribution in [3.8, 4) is 0 Å². The van der Waals surface area contributed by atoms with Gasteiger partial charge in [0, 0.05) is 13.1 Å². The number of rotatable bonds is 2. The van der Waals surface area contributed by atoms with Crippen molar-refractivity contribution in [1.82, 2.24) is 4.90 Å². The SMILES string of the molecule is O=C(O)c1ccc(C(=O)N2CC=CC2)c(Cl)c1. The van der Waals surface area contributed by atoms with E-state index >= 15 is 0 Å². The first kappa shape index (κ1) is 11.7. The highest BCUT2D eigenvalue weighted by Gasteiger charge is 2.19. The van der Waals surface area contributed by atoms with E-state index in [9.17, 15) is 9.59 Å². The highest BCUT2D eigenvalue weighted by atomic mass is 35.5. The summed E-state index contributed by atoms with van der Waals surface area (Å²) in [5, 5.41) is 8.95. The van der Waals surface area contributed by atoms with E-state index in [-0.39, 0.29) is 16.5 Å². The van der Waals surface area contributed by atoms with Gasteiger partial charge >= 0.3 is 5.97 Å². The maximum absolute atomic E-state index is 12.0. The van der Waals surface area contributed by atoms with E-state index in [2.05, 4.69) is 0 Å². The molecular weight excluding hydrogens is 242 g/mol. The van der Waals surface area contributed by atoms with Gasteiger partial charge in [-0.05, 0) is 18.2 Å². The minimum Gasteiger partial charge on any atom is -0.478 e. The van der Waals surface area contributed by atoms with Gasteiger partial charge in [-0.2, -0.15) is 0 Å². The fourth-order valence-corrected chi connectivity index (χ4v) is 1.90. The molecule has 0 saturated carbocycles. The Hall–Kier alpha value is -1.81. The summed E-state index contributed by atoms with van der Waals surface area (Å²) in [5.74, 6) is -1.24. The third-order valence-corrected chi connectivity index (χ3v) is 2.86. The van der Waals surface area contributed by atoms with E-state index in [1.807, 2.05) is 12.2 Å². The molecule has 17 heavy (non-hydrogen) atoms. The summed E-state index contributed by atoms with van der Waals surface area (Å²) < 4.78 is 0. The van der Waals surface area contributed by atoms with Gasteiger partial charge in [-0.3, -0.25) is 4.79 Å². The van der Waals surface area contributed by atoms with Crippen LogP contribution in [0.4, 0.5) is 0 Å². The van der Waals surface area contributed by atoms with E-state index in [1.165, 1.54) is 18.2 Å². The van der Waals surface area contributed by atoms with E-state index in [1.54, 1.807) is 4.90 Å². The van der Waals surface area contributed by atoms with Gasteiger partial charge in [0.1, 0.15) is 0 Å². The largest absolute Gasteiger partial charge is 0.478 e. The number of carboxylic acid groups (broad SMARTS) is 1. The van der Waals surface area contributed by atoms with Crippen molar-refractivity contribution in [1.29, 1.82) is 0 Å². The van der Waals surface area contributed by atoms with Crippen LogP contribution in [0.1, 0.15) is 20.7 Å². The molecule has 88 valence electrons. The van der Waals surface area contributed by atoms with Crippen molar-refractivity contribution in [3.05, 3.63) is 46.5 Å². The Bertz CT molecular complexity index is 502.